The van der Waals surface area contributed by atoms with Crippen LogP contribution in [0.3, 0.4) is 0 Å². The molecule has 1 rings (SSSR count). The second-order valence-corrected chi connectivity index (χ2v) is 7.94. The Hall–Kier alpha value is -2.17. The second-order valence-electron chi connectivity index (χ2n) is 5.63. The highest BCUT2D eigenvalue weighted by atomic mass is 35.5. The molecular formula is C17H24ClN3O6S. The monoisotopic (exact) mass is 433 g/mol. The lowest BCUT2D eigenvalue weighted by molar-refractivity contribution is -0.127. The number of carbonyl (C=O) groups is 3. The van der Waals surface area contributed by atoms with Gasteiger partial charge in [-0.1, -0.05) is 25.4 Å². The van der Waals surface area contributed by atoms with E-state index in [0.29, 0.717) is 6.54 Å². The van der Waals surface area contributed by atoms with Crippen molar-refractivity contribution in [1.82, 2.24) is 14.9 Å². The highest BCUT2D eigenvalue weighted by Gasteiger charge is 2.27. The molecule has 0 aliphatic heterocycles. The highest BCUT2D eigenvalue weighted by Crippen LogP contribution is 2.26. The molecule has 28 heavy (non-hydrogen) atoms. The summed E-state index contributed by atoms with van der Waals surface area (Å²) in [4.78, 5) is 35.3. The van der Waals surface area contributed by atoms with Gasteiger partial charge in [0, 0.05) is 19.6 Å². The van der Waals surface area contributed by atoms with Crippen molar-refractivity contribution >= 4 is 39.5 Å². The Morgan fingerprint density at radius 3 is 2.32 bits per heavy atom. The van der Waals surface area contributed by atoms with Gasteiger partial charge < -0.3 is 10.1 Å². The molecular weight excluding hydrogens is 410 g/mol. The molecule has 0 aliphatic carbocycles. The predicted molar refractivity (Wildman–Crippen MR) is 104 cm³/mol. The van der Waals surface area contributed by atoms with Crippen LogP contribution in [0.2, 0.25) is 5.02 Å². The van der Waals surface area contributed by atoms with E-state index in [4.69, 9.17) is 16.3 Å². The van der Waals surface area contributed by atoms with Crippen LogP contribution in [0.4, 0.5) is 4.79 Å². The smallest absolute Gasteiger partial charge is 0.338 e. The van der Waals surface area contributed by atoms with Crippen LogP contribution in [-0.2, 0) is 19.6 Å². The summed E-state index contributed by atoms with van der Waals surface area (Å²) in [5.41, 5.74) is -0.0900. The van der Waals surface area contributed by atoms with Crippen molar-refractivity contribution < 1.29 is 27.5 Å². The molecule has 0 saturated carbocycles. The molecule has 9 nitrogen and oxygen atoms in total. The summed E-state index contributed by atoms with van der Waals surface area (Å²) < 4.78 is 31.6. The first-order valence-electron chi connectivity index (χ1n) is 8.67. The SMILES string of the molecule is CCNC(=O)NC(=O)C(C)OC(=O)c1ccc(Cl)c(S(=O)(=O)N(CC)CC)c1. The molecule has 1 atom stereocenters. The number of carbonyl (C=O) groups excluding carboxylic acids is 3. The molecule has 0 saturated heterocycles. The first-order valence-corrected chi connectivity index (χ1v) is 10.5. The maximum atomic E-state index is 12.7. The number of urea groups is 1. The van der Waals surface area contributed by atoms with Crippen molar-refractivity contribution in [3.63, 3.8) is 0 Å². The summed E-state index contributed by atoms with van der Waals surface area (Å²) >= 11 is 6.02. The molecule has 0 aromatic heterocycles. The summed E-state index contributed by atoms with van der Waals surface area (Å²) in [6.45, 7) is 7.13. The van der Waals surface area contributed by atoms with E-state index in [1.807, 2.05) is 5.32 Å². The second kappa shape index (κ2) is 10.4. The summed E-state index contributed by atoms with van der Waals surface area (Å²) in [6, 6.07) is 2.95. The van der Waals surface area contributed by atoms with Gasteiger partial charge in [0.15, 0.2) is 6.10 Å². The van der Waals surface area contributed by atoms with Crippen molar-refractivity contribution in [1.29, 1.82) is 0 Å². The number of amides is 3. The van der Waals surface area contributed by atoms with Crippen molar-refractivity contribution in [2.75, 3.05) is 19.6 Å². The molecule has 1 aromatic carbocycles. The summed E-state index contributed by atoms with van der Waals surface area (Å²) in [5, 5.41) is 4.36. The van der Waals surface area contributed by atoms with Crippen LogP contribution in [0.15, 0.2) is 23.1 Å². The van der Waals surface area contributed by atoms with E-state index >= 15 is 0 Å². The molecule has 2 N–H and O–H groups in total. The van der Waals surface area contributed by atoms with Gasteiger partial charge in [-0.15, -0.1) is 0 Å². The number of hydrogen-bond acceptors (Lipinski definition) is 6. The molecule has 1 unspecified atom stereocenters. The number of nitrogens with one attached hydrogen (secondary N) is 2. The Bertz CT molecular complexity index is 839. The van der Waals surface area contributed by atoms with Crippen LogP contribution in [0.25, 0.3) is 0 Å². The minimum Gasteiger partial charge on any atom is -0.449 e. The van der Waals surface area contributed by atoms with Crippen molar-refractivity contribution in [2.24, 2.45) is 0 Å². The van der Waals surface area contributed by atoms with Crippen LogP contribution < -0.4 is 10.6 Å². The number of esters is 1. The molecule has 3 amide bonds. The van der Waals surface area contributed by atoms with Gasteiger partial charge in [-0.3, -0.25) is 10.1 Å². The van der Waals surface area contributed by atoms with Gasteiger partial charge in [0.05, 0.1) is 10.6 Å². The topological polar surface area (TPSA) is 122 Å². The fourth-order valence-electron chi connectivity index (χ4n) is 2.23. The van der Waals surface area contributed by atoms with Crippen molar-refractivity contribution in [2.45, 2.75) is 38.7 Å². The van der Waals surface area contributed by atoms with Crippen molar-refractivity contribution in [3.8, 4) is 0 Å². The lowest BCUT2D eigenvalue weighted by Crippen LogP contribution is -2.44. The van der Waals surface area contributed by atoms with Crippen LogP contribution >= 0.6 is 11.6 Å². The Balaban J connectivity index is 3.02. The normalized spacial score (nSPS) is 12.4. The zero-order chi connectivity index (χ0) is 21.5. The van der Waals surface area contributed by atoms with E-state index in [1.165, 1.54) is 23.4 Å². The maximum Gasteiger partial charge on any atom is 0.338 e. The minimum atomic E-state index is -3.89. The fourth-order valence-corrected chi connectivity index (χ4v) is 4.19. The molecule has 11 heteroatoms. The van der Waals surface area contributed by atoms with Crippen LogP contribution in [0, 0.1) is 0 Å². The van der Waals surface area contributed by atoms with E-state index in [2.05, 4.69) is 5.32 Å². The quantitative estimate of drug-likeness (QED) is 0.602. The Labute approximate surface area is 169 Å². The van der Waals surface area contributed by atoms with Gasteiger partial charge in [-0.05, 0) is 32.0 Å². The predicted octanol–water partition coefficient (Wildman–Crippen LogP) is 1.76. The molecule has 0 bridgehead atoms. The number of halogens is 1. The number of hydrogen-bond donors (Lipinski definition) is 2. The van der Waals surface area contributed by atoms with Gasteiger partial charge in [-0.2, -0.15) is 4.31 Å². The third-order valence-electron chi connectivity index (χ3n) is 3.72. The Morgan fingerprint density at radius 1 is 1.18 bits per heavy atom. The molecule has 1 aromatic rings. The largest absolute Gasteiger partial charge is 0.449 e. The standard InChI is InChI=1S/C17H24ClN3O6S/c1-5-19-17(24)20-15(22)11(4)27-16(23)12-8-9-13(18)14(10-12)28(25,26)21(6-2)7-3/h8-11H,5-7H2,1-4H3,(H2,19,20,22,24). The maximum absolute atomic E-state index is 12.7. The van der Waals surface area contributed by atoms with Gasteiger partial charge >= 0.3 is 12.0 Å². The first-order chi connectivity index (χ1) is 13.1. The lowest BCUT2D eigenvalue weighted by Gasteiger charge is -2.19. The first kappa shape index (κ1) is 23.9. The van der Waals surface area contributed by atoms with Crippen LogP contribution in [0.5, 0.6) is 0 Å². The van der Waals surface area contributed by atoms with E-state index in [9.17, 15) is 22.8 Å². The lowest BCUT2D eigenvalue weighted by atomic mass is 10.2. The van der Waals surface area contributed by atoms with Gasteiger partial charge in [0.1, 0.15) is 4.90 Å². The van der Waals surface area contributed by atoms with E-state index in [0.717, 1.165) is 6.07 Å². The third kappa shape index (κ3) is 5.91. The molecule has 0 spiro atoms. The Kier molecular flexibility index (Phi) is 8.86. The molecule has 156 valence electrons. The Morgan fingerprint density at radius 2 is 1.79 bits per heavy atom. The zero-order valence-electron chi connectivity index (χ0n) is 16.1. The molecule has 0 heterocycles. The molecule has 0 radical (unpaired) electrons. The van der Waals surface area contributed by atoms with Gasteiger partial charge in [0.2, 0.25) is 10.0 Å². The fraction of sp³-hybridized carbons (Fsp3) is 0.471. The van der Waals surface area contributed by atoms with E-state index in [-0.39, 0.29) is 28.6 Å². The van der Waals surface area contributed by atoms with Gasteiger partial charge in [0.25, 0.3) is 5.91 Å². The number of benzene rings is 1. The number of ether oxygens (including phenoxy) is 1. The number of imide groups is 1. The molecule has 0 aliphatic rings. The van der Waals surface area contributed by atoms with E-state index < -0.39 is 34.0 Å². The number of nitrogens with zero attached hydrogens (tertiary/aromatic N) is 1. The van der Waals surface area contributed by atoms with Gasteiger partial charge in [-0.25, -0.2) is 18.0 Å². The van der Waals surface area contributed by atoms with E-state index in [1.54, 1.807) is 20.8 Å². The third-order valence-corrected chi connectivity index (χ3v) is 6.25. The highest BCUT2D eigenvalue weighted by molar-refractivity contribution is 7.89. The molecule has 0 fully saturated rings. The minimum absolute atomic E-state index is 0.0366. The number of sulfonamides is 1. The van der Waals surface area contributed by atoms with Crippen molar-refractivity contribution in [3.05, 3.63) is 28.8 Å². The summed E-state index contributed by atoms with van der Waals surface area (Å²) in [7, 11) is -3.89. The number of rotatable bonds is 8. The average Bonchev–Trinajstić information content (AvgIpc) is 2.62. The zero-order valence-corrected chi connectivity index (χ0v) is 17.7. The van der Waals surface area contributed by atoms with Crippen LogP contribution in [0.1, 0.15) is 38.1 Å². The van der Waals surface area contributed by atoms with Crippen LogP contribution in [-0.4, -0.2) is 56.4 Å². The summed E-state index contributed by atoms with van der Waals surface area (Å²) in [5.74, 6) is -1.74. The average molecular weight is 434 g/mol. The summed E-state index contributed by atoms with van der Waals surface area (Å²) in [6.07, 6.45) is -1.27.